The lowest BCUT2D eigenvalue weighted by Gasteiger charge is -2.20. The topological polar surface area (TPSA) is 118 Å². The molecule has 5 rings (SSSR count). The van der Waals surface area contributed by atoms with Gasteiger partial charge in [0.15, 0.2) is 0 Å². The number of anilines is 2. The molecule has 0 aliphatic carbocycles. The number of nitriles is 2. The molecule has 196 valence electrons. The molecule has 0 spiro atoms. The first-order valence-corrected chi connectivity index (χ1v) is 13.2. The third-order valence-electron chi connectivity index (χ3n) is 6.01. The largest absolute Gasteiger partial charge is 0.495 e. The van der Waals surface area contributed by atoms with Crippen molar-refractivity contribution in [3.05, 3.63) is 112 Å². The van der Waals surface area contributed by atoms with Crippen LogP contribution < -0.4 is 16.9 Å². The smallest absolute Gasteiger partial charge is 0.407 e. The highest BCUT2D eigenvalue weighted by molar-refractivity contribution is 9.10. The van der Waals surface area contributed by atoms with Crippen LogP contribution in [0.2, 0.25) is 0 Å². The normalized spacial score (nSPS) is 12.1. The number of benzene rings is 4. The summed E-state index contributed by atoms with van der Waals surface area (Å²) in [6, 6.07) is 30.8. The predicted molar refractivity (Wildman–Crippen MR) is 162 cm³/mol. The Labute approximate surface area is 239 Å². The molecular weight excluding hydrogens is 551 g/mol. The highest BCUT2D eigenvalue weighted by Gasteiger charge is 2.26. The first-order valence-electron chi connectivity index (χ1n) is 12.4. The molecule has 0 bridgehead atoms. The molecule has 0 atom stereocenters. The third kappa shape index (κ3) is 7.96. The van der Waals surface area contributed by atoms with Gasteiger partial charge in [-0.1, -0.05) is 60.7 Å². The maximum Gasteiger partial charge on any atom is 0.495 e. The van der Waals surface area contributed by atoms with E-state index in [1.54, 1.807) is 12.1 Å². The fourth-order valence-corrected chi connectivity index (χ4v) is 4.26. The summed E-state index contributed by atoms with van der Waals surface area (Å²) < 4.78 is 11.9. The summed E-state index contributed by atoms with van der Waals surface area (Å²) in [6.07, 6.45) is 0.922. The van der Waals surface area contributed by atoms with Crippen LogP contribution in [0.3, 0.4) is 0 Å². The number of rotatable bonds is 2. The monoisotopic (exact) mass is 580 g/mol. The number of nitrogen functional groups attached to an aromatic ring is 2. The zero-order valence-electron chi connectivity index (χ0n) is 22.0. The minimum absolute atomic E-state index is 0.361. The molecule has 1 aliphatic rings. The predicted octanol–water partition coefficient (Wildman–Crippen LogP) is 6.15. The molecule has 39 heavy (non-hydrogen) atoms. The lowest BCUT2D eigenvalue weighted by Crippen LogP contribution is -2.42. The highest BCUT2D eigenvalue weighted by Crippen LogP contribution is 2.31. The minimum atomic E-state index is -0.361. The first kappa shape index (κ1) is 29.5. The van der Waals surface area contributed by atoms with Gasteiger partial charge in [-0.2, -0.15) is 10.5 Å². The van der Waals surface area contributed by atoms with Gasteiger partial charge >= 0.3 is 7.12 Å². The Morgan fingerprint density at radius 3 is 1.87 bits per heavy atom. The van der Waals surface area contributed by atoms with Gasteiger partial charge in [-0.25, -0.2) is 0 Å². The summed E-state index contributed by atoms with van der Waals surface area (Å²) in [5.74, 6) is 0. The van der Waals surface area contributed by atoms with Crippen LogP contribution in [-0.4, -0.2) is 20.3 Å². The second-order valence-electron chi connectivity index (χ2n) is 8.80. The van der Waals surface area contributed by atoms with Gasteiger partial charge in [0.1, 0.15) is 0 Å². The van der Waals surface area contributed by atoms with Crippen LogP contribution in [0, 0.1) is 36.5 Å². The number of nitrogens with two attached hydrogens (primary N) is 2. The second-order valence-corrected chi connectivity index (χ2v) is 9.59. The fraction of sp³-hybridized carbons (Fsp3) is 0.161. The Morgan fingerprint density at radius 2 is 1.28 bits per heavy atom. The van der Waals surface area contributed by atoms with Crippen molar-refractivity contribution in [2.45, 2.75) is 20.3 Å². The molecule has 0 saturated carbocycles. The van der Waals surface area contributed by atoms with Crippen LogP contribution in [0.5, 0.6) is 0 Å². The van der Waals surface area contributed by atoms with E-state index < -0.39 is 0 Å². The number of hydrogen-bond donors (Lipinski definition) is 2. The van der Waals surface area contributed by atoms with Gasteiger partial charge in [-0.3, -0.25) is 0 Å². The Morgan fingerprint density at radius 1 is 0.718 bits per heavy atom. The Kier molecular flexibility index (Phi) is 11.2. The van der Waals surface area contributed by atoms with Gasteiger partial charge in [-0.15, -0.1) is 0 Å². The highest BCUT2D eigenvalue weighted by atomic mass is 79.9. The van der Waals surface area contributed by atoms with Crippen molar-refractivity contribution >= 4 is 39.9 Å². The summed E-state index contributed by atoms with van der Waals surface area (Å²) in [5, 5.41) is 18.0. The minimum Gasteiger partial charge on any atom is -0.407 e. The van der Waals surface area contributed by atoms with Crippen molar-refractivity contribution in [2.75, 3.05) is 24.7 Å². The van der Waals surface area contributed by atoms with Gasteiger partial charge in [0.25, 0.3) is 0 Å². The van der Waals surface area contributed by atoms with Gasteiger partial charge in [-0.05, 0) is 71.6 Å². The van der Waals surface area contributed by atoms with E-state index >= 15 is 0 Å². The summed E-state index contributed by atoms with van der Waals surface area (Å²) in [6.45, 7) is 5.41. The zero-order valence-corrected chi connectivity index (χ0v) is 23.6. The Bertz CT molecular complexity index is 1450. The maximum absolute atomic E-state index is 9.07. The van der Waals surface area contributed by atoms with E-state index in [4.69, 9.17) is 31.3 Å². The van der Waals surface area contributed by atoms with E-state index in [1.165, 1.54) is 5.56 Å². The van der Waals surface area contributed by atoms with Crippen molar-refractivity contribution < 1.29 is 9.31 Å². The zero-order chi connectivity index (χ0) is 28.2. The Balaban J connectivity index is 0.000000168. The van der Waals surface area contributed by atoms with E-state index in [-0.39, 0.29) is 7.12 Å². The molecule has 0 aromatic heterocycles. The summed E-state index contributed by atoms with van der Waals surface area (Å²) in [5.41, 5.74) is 19.3. The van der Waals surface area contributed by atoms with E-state index in [2.05, 4.69) is 28.1 Å². The van der Waals surface area contributed by atoms with Crippen LogP contribution in [0.25, 0.3) is 11.1 Å². The molecule has 1 saturated heterocycles. The van der Waals surface area contributed by atoms with Crippen LogP contribution >= 0.6 is 15.9 Å². The fourth-order valence-electron chi connectivity index (χ4n) is 4.00. The Hall–Kier alpha value is -4.08. The van der Waals surface area contributed by atoms with Gasteiger partial charge in [0.2, 0.25) is 0 Å². The number of halogens is 1. The molecule has 1 heterocycles. The number of hydrogen-bond acceptors (Lipinski definition) is 6. The van der Waals surface area contributed by atoms with Gasteiger partial charge in [0.05, 0.1) is 23.3 Å². The molecule has 0 amide bonds. The maximum atomic E-state index is 9.07. The quantitative estimate of drug-likeness (QED) is 0.217. The van der Waals surface area contributed by atoms with E-state index in [0.29, 0.717) is 30.0 Å². The second kappa shape index (κ2) is 14.8. The molecular formula is C31H30BBrN4O2. The summed E-state index contributed by atoms with van der Waals surface area (Å²) in [7, 11) is -0.361. The van der Waals surface area contributed by atoms with Crippen molar-refractivity contribution in [1.29, 1.82) is 10.5 Å². The SMILES string of the molecule is Cc1cccc(N)c1-c1ccccc1C#N.Cc1cccc(N)c1Br.N#Cc1ccccc1B1OCCCO1. The van der Waals surface area contributed by atoms with E-state index in [1.807, 2.05) is 86.6 Å². The van der Waals surface area contributed by atoms with Gasteiger partial charge < -0.3 is 20.8 Å². The van der Waals surface area contributed by atoms with E-state index in [9.17, 15) is 0 Å². The molecule has 0 radical (unpaired) electrons. The lowest BCUT2D eigenvalue weighted by molar-refractivity contribution is 0.143. The number of aryl methyl sites for hydroxylation is 2. The molecule has 0 unspecified atom stereocenters. The lowest BCUT2D eigenvalue weighted by atomic mass is 9.75. The third-order valence-corrected chi connectivity index (χ3v) is 7.09. The van der Waals surface area contributed by atoms with Crippen LogP contribution in [0.1, 0.15) is 28.7 Å². The van der Waals surface area contributed by atoms with Crippen molar-refractivity contribution in [2.24, 2.45) is 0 Å². The molecule has 8 heteroatoms. The first-order chi connectivity index (χ1) is 18.9. The molecule has 4 N–H and O–H groups in total. The van der Waals surface area contributed by atoms with Crippen molar-refractivity contribution in [3.8, 4) is 23.3 Å². The van der Waals surface area contributed by atoms with Crippen LogP contribution in [0.4, 0.5) is 11.4 Å². The summed E-state index contributed by atoms with van der Waals surface area (Å²) >= 11 is 3.35. The molecule has 4 aromatic carbocycles. The van der Waals surface area contributed by atoms with E-state index in [0.717, 1.165) is 38.7 Å². The molecule has 1 aliphatic heterocycles. The van der Waals surface area contributed by atoms with Gasteiger partial charge in [0, 0.05) is 45.7 Å². The average molecular weight is 581 g/mol. The number of nitrogens with zero attached hydrogens (tertiary/aromatic N) is 2. The molecule has 6 nitrogen and oxygen atoms in total. The summed E-state index contributed by atoms with van der Waals surface area (Å²) in [4.78, 5) is 0. The molecule has 1 fully saturated rings. The van der Waals surface area contributed by atoms with Crippen LogP contribution in [-0.2, 0) is 9.31 Å². The van der Waals surface area contributed by atoms with Crippen molar-refractivity contribution in [3.63, 3.8) is 0 Å². The average Bonchev–Trinajstić information content (AvgIpc) is 2.97. The standard InChI is InChI=1S/C14H12N2.C10H10BNO2.C7H8BrN/c1-10-5-4-8-13(16)14(10)12-7-3-2-6-11(12)9-15;12-8-9-4-1-2-5-10(9)11-13-6-3-7-14-11;1-5-3-2-4-6(9)7(5)8/h2-8H,16H2,1H3;1-2,4-5H,3,6-7H2;2-4H,9H2,1H3. The van der Waals surface area contributed by atoms with Crippen molar-refractivity contribution in [1.82, 2.24) is 0 Å². The molecule has 4 aromatic rings. The van der Waals surface area contributed by atoms with Crippen LogP contribution in [0.15, 0.2) is 89.4 Å².